The van der Waals surface area contributed by atoms with Crippen molar-refractivity contribution in [3.05, 3.63) is 34.5 Å². The summed E-state index contributed by atoms with van der Waals surface area (Å²) >= 11 is 8.28. The van der Waals surface area contributed by atoms with Gasteiger partial charge in [-0.2, -0.15) is 0 Å². The van der Waals surface area contributed by atoms with E-state index < -0.39 is 0 Å². The summed E-state index contributed by atoms with van der Waals surface area (Å²) in [6.07, 6.45) is 0. The zero-order chi connectivity index (χ0) is 9.59. The van der Waals surface area contributed by atoms with E-state index in [-0.39, 0.29) is 0 Å². The summed E-state index contributed by atoms with van der Waals surface area (Å²) in [5.41, 5.74) is 3.69. The number of rotatable bonds is 0. The normalized spacial score (nSPS) is 11.1. The third-order valence-electron chi connectivity index (χ3n) is 2.20. The van der Waals surface area contributed by atoms with Crippen LogP contribution in [0.15, 0.2) is 18.2 Å². The molecule has 1 nitrogen and oxygen atoms in total. The van der Waals surface area contributed by atoms with Gasteiger partial charge in [0.1, 0.15) is 0 Å². The Balaban J connectivity index is 2.94. The van der Waals surface area contributed by atoms with Crippen LogP contribution in [0.5, 0.6) is 0 Å². The number of hydrogen-bond acceptors (Lipinski definition) is 0. The van der Waals surface area contributed by atoms with Crippen LogP contribution in [0.2, 0.25) is 5.02 Å². The zero-order valence-electron chi connectivity index (χ0n) is 7.44. The Hall–Kier alpha value is -0.220. The van der Waals surface area contributed by atoms with Gasteiger partial charge in [0.15, 0.2) is 0 Å². The Morgan fingerprint density at radius 2 is 1.92 bits per heavy atom. The molecule has 0 aliphatic heterocycles. The first kappa shape index (κ1) is 9.34. The van der Waals surface area contributed by atoms with Gasteiger partial charge in [0.05, 0.1) is 28.4 Å². The van der Waals surface area contributed by atoms with Crippen molar-refractivity contribution < 1.29 is 0 Å². The maximum Gasteiger partial charge on any atom is 0.0643 e. The summed E-state index contributed by atoms with van der Waals surface area (Å²) in [5, 5.41) is 2.09. The smallest absolute Gasteiger partial charge is 0.0643 e. The largest absolute Gasteiger partial charge is 0.287 e. The van der Waals surface area contributed by atoms with Gasteiger partial charge < -0.3 is 0 Å². The summed E-state index contributed by atoms with van der Waals surface area (Å²) in [6.45, 7) is 4.18. The Bertz CT molecular complexity index is 473. The van der Waals surface area contributed by atoms with Crippen molar-refractivity contribution in [2.45, 2.75) is 13.8 Å². The molecular weight excluding hydrogens is 296 g/mol. The first-order valence-corrected chi connectivity index (χ1v) is 5.38. The zero-order valence-corrected chi connectivity index (χ0v) is 10.3. The lowest BCUT2D eigenvalue weighted by atomic mass is 10.1. The maximum absolute atomic E-state index is 5.99. The minimum Gasteiger partial charge on any atom is -0.287 e. The molecule has 3 heteroatoms. The summed E-state index contributed by atoms with van der Waals surface area (Å²) in [4.78, 5) is 0. The minimum absolute atomic E-state index is 0.806. The number of halogens is 2. The molecule has 2 rings (SSSR count). The highest BCUT2D eigenvalue weighted by molar-refractivity contribution is 14.1. The van der Waals surface area contributed by atoms with Crippen LogP contribution in [0.25, 0.3) is 10.9 Å². The lowest BCUT2D eigenvalue weighted by molar-refractivity contribution is 1.27. The van der Waals surface area contributed by atoms with Gasteiger partial charge in [-0.3, -0.25) is 2.78 Å². The van der Waals surface area contributed by atoms with Crippen LogP contribution >= 0.6 is 34.5 Å². The van der Waals surface area contributed by atoms with Gasteiger partial charge in [-0.05, 0) is 37.6 Å². The molecule has 0 unspecified atom stereocenters. The second-order valence-corrected chi connectivity index (χ2v) is 4.62. The van der Waals surface area contributed by atoms with Gasteiger partial charge in [-0.25, -0.2) is 0 Å². The number of benzene rings is 1. The molecule has 0 amide bonds. The second kappa shape index (κ2) is 3.17. The van der Waals surface area contributed by atoms with E-state index in [9.17, 15) is 0 Å². The van der Waals surface area contributed by atoms with Gasteiger partial charge >= 0.3 is 0 Å². The highest BCUT2D eigenvalue weighted by Gasteiger charge is 2.06. The van der Waals surface area contributed by atoms with Crippen molar-refractivity contribution in [1.29, 1.82) is 0 Å². The molecule has 0 fully saturated rings. The molecule has 1 heterocycles. The van der Waals surface area contributed by atoms with Crippen molar-refractivity contribution in [3.8, 4) is 0 Å². The van der Waals surface area contributed by atoms with E-state index >= 15 is 0 Å². The number of hydrogen-bond donors (Lipinski definition) is 0. The Labute approximate surface area is 96.2 Å². The molecule has 0 radical (unpaired) electrons. The molecule has 0 saturated heterocycles. The Kier molecular flexibility index (Phi) is 2.28. The number of nitrogens with zero attached hydrogens (tertiary/aromatic N) is 1. The molecule has 68 valence electrons. The molecule has 0 atom stereocenters. The monoisotopic (exact) mass is 305 g/mol. The first-order valence-electron chi connectivity index (χ1n) is 4.04. The predicted molar refractivity (Wildman–Crippen MR) is 65.8 cm³/mol. The lowest BCUT2D eigenvalue weighted by Gasteiger charge is -1.99. The molecule has 0 N–H and O–H groups in total. The highest BCUT2D eigenvalue weighted by atomic mass is 127. The molecule has 0 saturated carbocycles. The molecule has 0 aliphatic rings. The molecular formula is C10H9ClIN. The summed E-state index contributed by atoms with van der Waals surface area (Å²) < 4.78 is 2.13. The Morgan fingerprint density at radius 3 is 2.62 bits per heavy atom. The molecule has 0 aliphatic carbocycles. The lowest BCUT2D eigenvalue weighted by Crippen LogP contribution is -1.81. The predicted octanol–water partition coefficient (Wildman–Crippen LogP) is 4.11. The van der Waals surface area contributed by atoms with Gasteiger partial charge in [0.25, 0.3) is 0 Å². The van der Waals surface area contributed by atoms with Crippen molar-refractivity contribution in [2.75, 3.05) is 0 Å². The summed E-state index contributed by atoms with van der Waals surface area (Å²) in [5.74, 6) is 0. The fraction of sp³-hybridized carbons (Fsp3) is 0.200. The third kappa shape index (κ3) is 1.46. The standard InChI is InChI=1S/C10H9ClIN/c1-6-3-8(11)5-10-9(6)4-7(2)13(10)12/h3-5H,1-2H3. The van der Waals surface area contributed by atoms with Crippen molar-refractivity contribution in [3.63, 3.8) is 0 Å². The highest BCUT2D eigenvalue weighted by Crippen LogP contribution is 2.28. The van der Waals surface area contributed by atoms with Crippen molar-refractivity contribution >= 4 is 45.4 Å². The van der Waals surface area contributed by atoms with Gasteiger partial charge in [-0.1, -0.05) is 11.6 Å². The minimum atomic E-state index is 0.806. The number of fused-ring (bicyclic) bond motifs is 1. The van der Waals surface area contributed by atoms with Gasteiger partial charge in [0.2, 0.25) is 0 Å². The van der Waals surface area contributed by atoms with Crippen LogP contribution in [0.1, 0.15) is 11.3 Å². The van der Waals surface area contributed by atoms with E-state index in [1.54, 1.807) is 0 Å². The number of aromatic nitrogens is 1. The van der Waals surface area contributed by atoms with E-state index in [1.165, 1.54) is 22.2 Å². The van der Waals surface area contributed by atoms with E-state index in [1.807, 2.05) is 12.1 Å². The quantitative estimate of drug-likeness (QED) is 0.646. The summed E-state index contributed by atoms with van der Waals surface area (Å²) in [7, 11) is 0. The van der Waals surface area contributed by atoms with E-state index in [2.05, 4.69) is 45.6 Å². The average molecular weight is 306 g/mol. The Morgan fingerprint density at radius 1 is 1.23 bits per heavy atom. The van der Waals surface area contributed by atoms with Gasteiger partial charge in [0, 0.05) is 16.1 Å². The molecule has 2 aromatic rings. The van der Waals surface area contributed by atoms with Gasteiger partial charge in [-0.15, -0.1) is 0 Å². The SMILES string of the molecule is Cc1cc(Cl)cc2c1cc(C)n2I. The molecule has 0 spiro atoms. The molecule has 13 heavy (non-hydrogen) atoms. The summed E-state index contributed by atoms with van der Waals surface area (Å²) in [6, 6.07) is 6.19. The van der Waals surface area contributed by atoms with Crippen LogP contribution < -0.4 is 0 Å². The first-order chi connectivity index (χ1) is 6.09. The number of aryl methyl sites for hydroxylation is 2. The van der Waals surface area contributed by atoms with Crippen LogP contribution in [0.4, 0.5) is 0 Å². The molecule has 1 aromatic heterocycles. The fourth-order valence-electron chi connectivity index (χ4n) is 1.54. The molecule has 1 aromatic carbocycles. The van der Waals surface area contributed by atoms with Crippen molar-refractivity contribution in [1.82, 2.24) is 2.78 Å². The van der Waals surface area contributed by atoms with Crippen LogP contribution in [0, 0.1) is 13.8 Å². The van der Waals surface area contributed by atoms with Crippen LogP contribution in [-0.2, 0) is 0 Å². The van der Waals surface area contributed by atoms with E-state index in [4.69, 9.17) is 11.6 Å². The van der Waals surface area contributed by atoms with Crippen LogP contribution in [-0.4, -0.2) is 2.78 Å². The van der Waals surface area contributed by atoms with Crippen LogP contribution in [0.3, 0.4) is 0 Å². The van der Waals surface area contributed by atoms with Crippen molar-refractivity contribution in [2.24, 2.45) is 0 Å². The average Bonchev–Trinajstić information content (AvgIpc) is 2.32. The maximum atomic E-state index is 5.99. The topological polar surface area (TPSA) is 4.93 Å². The van der Waals surface area contributed by atoms with E-state index in [0.29, 0.717) is 0 Å². The fourth-order valence-corrected chi connectivity index (χ4v) is 2.35. The molecule has 0 bridgehead atoms. The third-order valence-corrected chi connectivity index (χ3v) is 3.70. The van der Waals surface area contributed by atoms with E-state index in [0.717, 1.165) is 5.02 Å². The second-order valence-electron chi connectivity index (χ2n) is 3.22.